The Morgan fingerprint density at radius 1 is 0.479 bits per heavy atom. The van der Waals surface area contributed by atoms with E-state index in [1.165, 1.54) is 79.5 Å². The summed E-state index contributed by atoms with van der Waals surface area (Å²) in [6, 6.07) is 27.3. The molecule has 0 saturated carbocycles. The third-order valence-electron chi connectivity index (χ3n) is 10.8. The number of carboxylic acids is 1. The molecule has 5 aromatic heterocycles. The second kappa shape index (κ2) is 25.5. The molecular weight excluding hydrogens is 939 g/mol. The second-order valence-corrected chi connectivity index (χ2v) is 15.1. The number of anilines is 2. The largest absolute Gasteiger partial charge is 0.870 e. The van der Waals surface area contributed by atoms with Gasteiger partial charge in [0.25, 0.3) is 11.4 Å². The molecule has 0 spiro atoms. The van der Waals surface area contributed by atoms with Gasteiger partial charge in [0, 0.05) is 123 Å². The number of methoxy groups -OCH3 is 2. The van der Waals surface area contributed by atoms with Crippen LogP contribution >= 0.6 is 0 Å². The van der Waals surface area contributed by atoms with Gasteiger partial charge < -0.3 is 31.5 Å². The lowest BCUT2D eigenvalue weighted by molar-refractivity contribution is -0.383. The molecule has 0 atom stereocenters. The highest BCUT2D eigenvalue weighted by Crippen LogP contribution is 2.29. The molecule has 73 heavy (non-hydrogen) atoms. The molecule has 0 aliphatic heterocycles. The van der Waals surface area contributed by atoms with Gasteiger partial charge in [-0.2, -0.15) is 0 Å². The molecule has 0 aliphatic rings. The topological polar surface area (TPSA) is 323 Å². The number of esters is 2. The zero-order valence-electron chi connectivity index (χ0n) is 38.9. The fraction of sp³-hybridized carbons (Fsp3) is 0.0943. The molecular formula is C53H48N9O11-. The number of carboxylic acid groups (broad SMARTS) is 1. The number of nitrogens with two attached hydrogens (primary N) is 2. The molecule has 0 amide bonds. The van der Waals surface area contributed by atoms with Crippen LogP contribution in [0.4, 0.5) is 22.7 Å². The van der Waals surface area contributed by atoms with E-state index in [-0.39, 0.29) is 46.3 Å². The number of aromatic carboxylic acids is 1. The number of benzene rings is 5. The van der Waals surface area contributed by atoms with Gasteiger partial charge in [-0.15, -0.1) is 0 Å². The van der Waals surface area contributed by atoms with Gasteiger partial charge in [-0.1, -0.05) is 31.7 Å². The van der Waals surface area contributed by atoms with Gasteiger partial charge in [0.15, 0.2) is 0 Å². The van der Waals surface area contributed by atoms with E-state index in [0.717, 1.165) is 21.7 Å². The zero-order chi connectivity index (χ0) is 51.2. The number of rotatable bonds is 5. The Morgan fingerprint density at radius 2 is 0.849 bits per heavy atom. The monoisotopic (exact) mass is 986 g/mol. The summed E-state index contributed by atoms with van der Waals surface area (Å²) in [4.78, 5) is 74.2. The summed E-state index contributed by atoms with van der Waals surface area (Å²) in [6.07, 6.45) is 16.1. The molecule has 6 N–H and O–H groups in total. The maximum Gasteiger partial charge on any atom is 0.338 e. The number of nitrogen functional groups attached to an aromatic ring is 2. The molecule has 0 saturated heterocycles. The van der Waals surface area contributed by atoms with Gasteiger partial charge in [-0.3, -0.25) is 45.1 Å². The first kappa shape index (κ1) is 55.5. The van der Waals surface area contributed by atoms with E-state index in [4.69, 9.17) is 16.6 Å². The number of fused-ring (bicyclic) bond motifs is 5. The number of hydrogen-bond donors (Lipinski definition) is 3. The molecule has 372 valence electrons. The Morgan fingerprint density at radius 3 is 1.32 bits per heavy atom. The van der Waals surface area contributed by atoms with E-state index in [9.17, 15) is 34.6 Å². The summed E-state index contributed by atoms with van der Waals surface area (Å²) >= 11 is 0. The minimum atomic E-state index is -0.969. The summed E-state index contributed by atoms with van der Waals surface area (Å²) in [5, 5.41) is 38.0. The molecule has 0 unspecified atom stereocenters. The summed E-state index contributed by atoms with van der Waals surface area (Å²) in [7, 11) is 2.60. The highest BCUT2D eigenvalue weighted by Gasteiger charge is 2.18. The number of nitro groups is 2. The van der Waals surface area contributed by atoms with Crippen LogP contribution in [0.25, 0.3) is 53.9 Å². The standard InChI is InChI=1S/C11H8N2O4.C11H10N2O2.2C10H8N2O2.C10H9N.CH4.H2O/c1-17-11(14)8-2-3-10(13(15)16)7-4-5-12-6-9(7)8;1-15-11(14)8-2-3-10(12)7-4-5-13-6-9(7)8;1-7-2-3-10(12(13)14)8-4-5-11-6-9(7)8;11-9-2-1-7(10(13)14)8-5-12-4-3-6(8)9;1-8-3-2-4-9-5-6-11-7-10(8)9;;/h2-6H,1H3;2-6H,12H2,1H3;2-6H,1H3;1-5H,11H2,(H,13,14);2-7H,1H3;1H4;1H2/p-1. The Kier molecular flexibility index (Phi) is 19.4. The van der Waals surface area contributed by atoms with E-state index < -0.39 is 16.9 Å². The summed E-state index contributed by atoms with van der Waals surface area (Å²) in [6.45, 7) is 4.01. The number of nitro benzene ring substituents is 2. The van der Waals surface area contributed by atoms with Crippen molar-refractivity contribution in [3.8, 4) is 0 Å². The van der Waals surface area contributed by atoms with Gasteiger partial charge in [-0.05, 0) is 91.0 Å². The first-order chi connectivity index (χ1) is 34.2. The Labute approximate surface area is 416 Å². The number of aryl methyl sites for hydroxylation is 2. The van der Waals surface area contributed by atoms with E-state index in [1.54, 1.807) is 73.4 Å². The van der Waals surface area contributed by atoms with Crippen LogP contribution in [0.5, 0.6) is 0 Å². The van der Waals surface area contributed by atoms with Crippen LogP contribution < -0.4 is 11.5 Å². The lowest BCUT2D eigenvalue weighted by Gasteiger charge is -2.06. The Balaban J connectivity index is 0.000000197. The third-order valence-corrected chi connectivity index (χ3v) is 10.8. The fourth-order valence-corrected chi connectivity index (χ4v) is 7.26. The smallest absolute Gasteiger partial charge is 0.338 e. The third kappa shape index (κ3) is 13.0. The van der Waals surface area contributed by atoms with Gasteiger partial charge in [0.2, 0.25) is 0 Å². The van der Waals surface area contributed by atoms with Crippen LogP contribution in [0.2, 0.25) is 0 Å². The molecule has 20 heteroatoms. The molecule has 0 radical (unpaired) electrons. The predicted octanol–water partition coefficient (Wildman–Crippen LogP) is 10.5. The number of carbonyl (C=O) groups is 3. The van der Waals surface area contributed by atoms with Crippen LogP contribution in [-0.4, -0.2) is 77.5 Å². The van der Waals surface area contributed by atoms with Crippen molar-refractivity contribution in [2.24, 2.45) is 0 Å². The maximum absolute atomic E-state index is 11.5. The Bertz CT molecular complexity index is 3530. The zero-order valence-corrected chi connectivity index (χ0v) is 38.9. The number of hydrogen-bond acceptors (Lipinski definition) is 17. The van der Waals surface area contributed by atoms with Crippen molar-refractivity contribution < 1.29 is 44.3 Å². The minimum absolute atomic E-state index is 0. The van der Waals surface area contributed by atoms with E-state index in [2.05, 4.69) is 59.5 Å². The number of pyridine rings is 5. The van der Waals surface area contributed by atoms with Gasteiger partial charge >= 0.3 is 17.9 Å². The van der Waals surface area contributed by atoms with Gasteiger partial charge in [0.05, 0.1) is 51.5 Å². The lowest BCUT2D eigenvalue weighted by Crippen LogP contribution is -2.03. The highest BCUT2D eigenvalue weighted by molar-refractivity contribution is 6.09. The quantitative estimate of drug-likeness (QED) is 0.0624. The second-order valence-electron chi connectivity index (χ2n) is 15.1. The number of aromatic nitrogens is 5. The van der Waals surface area contributed by atoms with Crippen LogP contribution in [0.1, 0.15) is 49.6 Å². The number of ether oxygens (including phenoxy) is 2. The van der Waals surface area contributed by atoms with E-state index >= 15 is 0 Å². The van der Waals surface area contributed by atoms with Gasteiger partial charge in [0.1, 0.15) is 0 Å². The number of nitrogens with zero attached hydrogens (tertiary/aromatic N) is 7. The van der Waals surface area contributed by atoms with Crippen LogP contribution in [0.15, 0.2) is 159 Å². The molecule has 5 heterocycles. The number of non-ortho nitro benzene ring substituents is 2. The molecule has 0 aliphatic carbocycles. The van der Waals surface area contributed by atoms with E-state index in [1.807, 2.05) is 25.4 Å². The summed E-state index contributed by atoms with van der Waals surface area (Å²) in [5.41, 5.74) is 16.0. The molecule has 10 aromatic rings. The van der Waals surface area contributed by atoms with Crippen LogP contribution in [0.3, 0.4) is 0 Å². The molecule has 0 bridgehead atoms. The van der Waals surface area contributed by atoms with Gasteiger partial charge in [-0.25, -0.2) is 14.4 Å². The average Bonchev–Trinajstić information content (AvgIpc) is 3.39. The van der Waals surface area contributed by atoms with Crippen molar-refractivity contribution >= 4 is 94.5 Å². The predicted molar refractivity (Wildman–Crippen MR) is 279 cm³/mol. The summed E-state index contributed by atoms with van der Waals surface area (Å²) < 4.78 is 9.28. The number of carbonyl (C=O) groups excluding carboxylic acids is 2. The first-order valence-electron chi connectivity index (χ1n) is 21.1. The van der Waals surface area contributed by atoms with E-state index in [0.29, 0.717) is 43.9 Å². The maximum atomic E-state index is 11.5. The molecule has 20 nitrogen and oxygen atoms in total. The Hall–Kier alpha value is -10.1. The fourth-order valence-electron chi connectivity index (χ4n) is 7.26. The van der Waals surface area contributed by atoms with Crippen molar-refractivity contribution in [2.45, 2.75) is 21.3 Å². The minimum Gasteiger partial charge on any atom is -0.870 e. The SMILES string of the molecule is C.COC(=O)c1ccc(N)c2ccncc12.COC(=O)c1ccc([N+](=O)[O-])c2ccncc12.Cc1ccc([N+](=O)[O-])c2ccncc12.Cc1cccc2ccncc12.Nc1ccc(C(=O)O)c2cnccc12.[OH-]. The first-order valence-corrected chi connectivity index (χ1v) is 21.1. The van der Waals surface area contributed by atoms with Crippen molar-refractivity contribution in [1.29, 1.82) is 0 Å². The van der Waals surface area contributed by atoms with Crippen LogP contribution in [-0.2, 0) is 9.47 Å². The molecule has 0 fully saturated rings. The van der Waals surface area contributed by atoms with Crippen molar-refractivity contribution in [2.75, 3.05) is 25.7 Å². The average molecular weight is 987 g/mol. The summed E-state index contributed by atoms with van der Waals surface area (Å²) in [5.74, 6) is -1.89. The van der Waals surface area contributed by atoms with Crippen molar-refractivity contribution in [3.63, 3.8) is 0 Å². The molecule has 5 aromatic carbocycles. The molecule has 10 rings (SSSR count). The van der Waals surface area contributed by atoms with Crippen molar-refractivity contribution in [3.05, 3.63) is 207 Å². The highest BCUT2D eigenvalue weighted by atomic mass is 16.6. The van der Waals surface area contributed by atoms with Crippen LogP contribution in [0, 0.1) is 34.1 Å². The van der Waals surface area contributed by atoms with Crippen molar-refractivity contribution in [1.82, 2.24) is 24.9 Å². The lowest BCUT2D eigenvalue weighted by atomic mass is 10.1. The normalized spacial score (nSPS) is 9.97.